The number of carbonyl (C=O) groups is 1. The van der Waals surface area contributed by atoms with E-state index in [2.05, 4.69) is 31.5 Å². The van der Waals surface area contributed by atoms with Gasteiger partial charge >= 0.3 is 0 Å². The highest BCUT2D eigenvalue weighted by molar-refractivity contribution is 5.93. The van der Waals surface area contributed by atoms with Crippen molar-refractivity contribution in [1.82, 2.24) is 24.6 Å². The summed E-state index contributed by atoms with van der Waals surface area (Å²) in [6.07, 6.45) is 3.48. The van der Waals surface area contributed by atoms with Gasteiger partial charge < -0.3 is 9.88 Å². The van der Waals surface area contributed by atoms with Crippen molar-refractivity contribution in [2.45, 2.75) is 39.2 Å². The maximum absolute atomic E-state index is 13.3. The molecule has 8 nitrogen and oxygen atoms in total. The third-order valence-electron chi connectivity index (χ3n) is 6.15. The number of carbonyl (C=O) groups excluding carboxylic acids is 1. The SMILES string of the molecule is Cc1c(C#N)c(NC(=O)CN2CCC[C@H](c3ncn[nH]3)C2)n(Cc2ccc(F)cc2)c1C. The van der Waals surface area contributed by atoms with Crippen LogP contribution >= 0.6 is 0 Å². The van der Waals surface area contributed by atoms with Crippen LogP contribution < -0.4 is 5.32 Å². The van der Waals surface area contributed by atoms with E-state index >= 15 is 0 Å². The number of piperidine rings is 1. The first-order chi connectivity index (χ1) is 15.5. The molecule has 3 heterocycles. The van der Waals surface area contributed by atoms with Gasteiger partial charge in [-0.05, 0) is 56.5 Å². The molecule has 2 aromatic heterocycles. The maximum atomic E-state index is 13.3. The van der Waals surface area contributed by atoms with E-state index < -0.39 is 0 Å². The summed E-state index contributed by atoms with van der Waals surface area (Å²) >= 11 is 0. The molecule has 0 aliphatic carbocycles. The van der Waals surface area contributed by atoms with Gasteiger partial charge in [-0.15, -0.1) is 0 Å². The van der Waals surface area contributed by atoms with Crippen LogP contribution in [0.3, 0.4) is 0 Å². The monoisotopic (exact) mass is 435 g/mol. The second-order valence-electron chi connectivity index (χ2n) is 8.25. The predicted molar refractivity (Wildman–Crippen MR) is 118 cm³/mol. The van der Waals surface area contributed by atoms with Crippen LogP contribution in [0.5, 0.6) is 0 Å². The fourth-order valence-electron chi connectivity index (χ4n) is 4.31. The van der Waals surface area contributed by atoms with Gasteiger partial charge in [0.2, 0.25) is 5.91 Å². The zero-order chi connectivity index (χ0) is 22.7. The molecule has 0 unspecified atom stereocenters. The Morgan fingerprint density at radius 2 is 2.12 bits per heavy atom. The van der Waals surface area contributed by atoms with Crippen LogP contribution in [0.4, 0.5) is 10.2 Å². The zero-order valence-electron chi connectivity index (χ0n) is 18.2. The number of H-pyrrole nitrogens is 1. The lowest BCUT2D eigenvalue weighted by atomic mass is 9.97. The Balaban J connectivity index is 1.50. The molecule has 9 heteroatoms. The quantitative estimate of drug-likeness (QED) is 0.619. The van der Waals surface area contributed by atoms with E-state index in [1.54, 1.807) is 12.1 Å². The Morgan fingerprint density at radius 1 is 1.34 bits per heavy atom. The maximum Gasteiger partial charge on any atom is 0.239 e. The molecule has 0 saturated carbocycles. The van der Waals surface area contributed by atoms with Gasteiger partial charge in [0.1, 0.15) is 29.9 Å². The van der Waals surface area contributed by atoms with Crippen molar-refractivity contribution in [2.24, 2.45) is 0 Å². The van der Waals surface area contributed by atoms with E-state index in [9.17, 15) is 14.4 Å². The first kappa shape index (κ1) is 21.7. The van der Waals surface area contributed by atoms with E-state index in [-0.39, 0.29) is 24.2 Å². The zero-order valence-corrected chi connectivity index (χ0v) is 18.2. The number of rotatable bonds is 6. The Bertz CT molecular complexity index is 1130. The topological polar surface area (TPSA) is 103 Å². The normalized spacial score (nSPS) is 16.6. The largest absolute Gasteiger partial charge is 0.326 e. The molecule has 2 N–H and O–H groups in total. The van der Waals surface area contributed by atoms with Crippen molar-refractivity contribution in [3.05, 3.63) is 64.6 Å². The van der Waals surface area contributed by atoms with Gasteiger partial charge in [-0.3, -0.25) is 14.8 Å². The summed E-state index contributed by atoms with van der Waals surface area (Å²) < 4.78 is 15.2. The lowest BCUT2D eigenvalue weighted by Gasteiger charge is -2.31. The lowest BCUT2D eigenvalue weighted by molar-refractivity contribution is -0.117. The standard InChI is InChI=1S/C23H26FN7O/c1-15-16(2)31(11-17-5-7-19(24)8-6-17)23(20(15)10-25)28-21(32)13-30-9-3-4-18(12-30)22-26-14-27-29-22/h5-8,14,18H,3-4,9,11-13H2,1-2H3,(H,28,32)(H,26,27,29)/t18-/m0/s1. The fourth-order valence-corrected chi connectivity index (χ4v) is 4.31. The summed E-state index contributed by atoms with van der Waals surface area (Å²) in [5.41, 5.74) is 3.06. The highest BCUT2D eigenvalue weighted by Crippen LogP contribution is 2.28. The highest BCUT2D eigenvalue weighted by Gasteiger charge is 2.26. The number of nitrogens with zero attached hydrogens (tertiary/aromatic N) is 5. The Morgan fingerprint density at radius 3 is 2.81 bits per heavy atom. The molecule has 1 amide bonds. The van der Waals surface area contributed by atoms with Crippen molar-refractivity contribution in [3.63, 3.8) is 0 Å². The minimum atomic E-state index is -0.300. The van der Waals surface area contributed by atoms with Gasteiger partial charge in [0.05, 0.1) is 12.1 Å². The molecule has 1 aliphatic rings. The summed E-state index contributed by atoms with van der Waals surface area (Å²) in [6, 6.07) is 8.46. The minimum absolute atomic E-state index is 0.169. The number of benzene rings is 1. The Labute approximate surface area is 186 Å². The van der Waals surface area contributed by atoms with E-state index in [0.29, 0.717) is 17.9 Å². The number of nitrogens with one attached hydrogen (secondary N) is 2. The van der Waals surface area contributed by atoms with Crippen LogP contribution in [0, 0.1) is 31.0 Å². The minimum Gasteiger partial charge on any atom is -0.326 e. The van der Waals surface area contributed by atoms with Gasteiger partial charge in [-0.25, -0.2) is 9.37 Å². The molecular formula is C23H26FN7O. The number of aromatic nitrogens is 4. The Kier molecular flexibility index (Phi) is 6.32. The van der Waals surface area contributed by atoms with Gasteiger partial charge in [0.25, 0.3) is 0 Å². The number of likely N-dealkylation sites (tertiary alicyclic amines) is 1. The molecule has 1 saturated heterocycles. The second-order valence-corrected chi connectivity index (χ2v) is 8.25. The van der Waals surface area contributed by atoms with Crippen molar-refractivity contribution < 1.29 is 9.18 Å². The molecule has 1 fully saturated rings. The average molecular weight is 436 g/mol. The molecule has 0 bridgehead atoms. The van der Waals surface area contributed by atoms with E-state index in [1.165, 1.54) is 18.5 Å². The lowest BCUT2D eigenvalue weighted by Crippen LogP contribution is -2.40. The summed E-state index contributed by atoms with van der Waals surface area (Å²) in [6.45, 7) is 6.01. The predicted octanol–water partition coefficient (Wildman–Crippen LogP) is 3.10. The smallest absolute Gasteiger partial charge is 0.239 e. The van der Waals surface area contributed by atoms with Crippen LogP contribution in [-0.4, -0.2) is 50.2 Å². The number of halogens is 1. The molecule has 3 aromatic rings. The summed E-state index contributed by atoms with van der Waals surface area (Å²) in [5.74, 6) is 1.09. The number of aromatic amines is 1. The van der Waals surface area contributed by atoms with Crippen LogP contribution in [0.25, 0.3) is 0 Å². The molecule has 0 spiro atoms. The van der Waals surface area contributed by atoms with Gasteiger partial charge in [-0.1, -0.05) is 12.1 Å². The van der Waals surface area contributed by atoms with Gasteiger partial charge in [0, 0.05) is 24.7 Å². The first-order valence-electron chi connectivity index (χ1n) is 10.7. The van der Waals surface area contributed by atoms with Crippen LogP contribution in [0.1, 0.15) is 47.0 Å². The van der Waals surface area contributed by atoms with Crippen LogP contribution in [0.15, 0.2) is 30.6 Å². The number of hydrogen-bond acceptors (Lipinski definition) is 5. The molecule has 1 aliphatic heterocycles. The molecule has 32 heavy (non-hydrogen) atoms. The van der Waals surface area contributed by atoms with E-state index in [1.807, 2.05) is 18.4 Å². The molecular weight excluding hydrogens is 409 g/mol. The van der Waals surface area contributed by atoms with Crippen LogP contribution in [-0.2, 0) is 11.3 Å². The number of anilines is 1. The molecule has 1 aromatic carbocycles. The van der Waals surface area contributed by atoms with Crippen LogP contribution in [0.2, 0.25) is 0 Å². The average Bonchev–Trinajstić information content (AvgIpc) is 3.39. The molecule has 4 rings (SSSR count). The fraction of sp³-hybridized carbons (Fsp3) is 0.391. The van der Waals surface area contributed by atoms with E-state index in [0.717, 1.165) is 48.6 Å². The first-order valence-corrected chi connectivity index (χ1v) is 10.7. The van der Waals surface area contributed by atoms with Crippen molar-refractivity contribution in [2.75, 3.05) is 25.0 Å². The van der Waals surface area contributed by atoms with Crippen molar-refractivity contribution in [3.8, 4) is 6.07 Å². The summed E-state index contributed by atoms with van der Waals surface area (Å²) in [5, 5.41) is 19.6. The van der Waals surface area contributed by atoms with Gasteiger partial charge in [-0.2, -0.15) is 10.4 Å². The number of amides is 1. The highest BCUT2D eigenvalue weighted by atomic mass is 19.1. The van der Waals surface area contributed by atoms with E-state index in [4.69, 9.17) is 0 Å². The molecule has 0 radical (unpaired) electrons. The molecule has 1 atom stereocenters. The van der Waals surface area contributed by atoms with Crippen molar-refractivity contribution >= 4 is 11.7 Å². The second kappa shape index (κ2) is 9.32. The summed E-state index contributed by atoms with van der Waals surface area (Å²) in [7, 11) is 0. The Hall–Kier alpha value is -3.51. The third kappa shape index (κ3) is 4.55. The number of hydrogen-bond donors (Lipinski definition) is 2. The van der Waals surface area contributed by atoms with Gasteiger partial charge in [0.15, 0.2) is 0 Å². The molecule has 166 valence electrons. The van der Waals surface area contributed by atoms with Crippen molar-refractivity contribution in [1.29, 1.82) is 5.26 Å². The summed E-state index contributed by atoms with van der Waals surface area (Å²) in [4.78, 5) is 19.3. The third-order valence-corrected chi connectivity index (χ3v) is 6.15. The number of nitriles is 1.